The molecule has 0 bridgehead atoms. The van der Waals surface area contributed by atoms with Crippen LogP contribution in [0.2, 0.25) is 0 Å². The van der Waals surface area contributed by atoms with Crippen LogP contribution in [0.25, 0.3) is 0 Å². The molecule has 0 amide bonds. The van der Waals surface area contributed by atoms with Crippen molar-refractivity contribution in [2.75, 3.05) is 7.11 Å². The highest BCUT2D eigenvalue weighted by molar-refractivity contribution is 6.03. The average Bonchev–Trinajstić information content (AvgIpc) is 2.13. The van der Waals surface area contributed by atoms with Gasteiger partial charge in [0.15, 0.2) is 0 Å². The molecule has 14 heavy (non-hydrogen) atoms. The van der Waals surface area contributed by atoms with Gasteiger partial charge in [-0.15, -0.1) is 6.58 Å². The lowest BCUT2D eigenvalue weighted by Crippen LogP contribution is -2.37. The van der Waals surface area contributed by atoms with Crippen molar-refractivity contribution in [3.8, 4) is 0 Å². The highest BCUT2D eigenvalue weighted by Crippen LogP contribution is 2.29. The Balaban J connectivity index is 4.93. The summed E-state index contributed by atoms with van der Waals surface area (Å²) < 4.78 is 4.64. The molecule has 0 saturated heterocycles. The fraction of sp³-hybridized carbons (Fsp3) is 0.636. The molecule has 0 radical (unpaired) electrons. The summed E-state index contributed by atoms with van der Waals surface area (Å²) in [5, 5.41) is 0. The zero-order valence-corrected chi connectivity index (χ0v) is 9.35. The number of esters is 1. The molecule has 1 atom stereocenters. The number of methoxy groups -OCH3 is 1. The third kappa shape index (κ3) is 2.69. The first-order valence-electron chi connectivity index (χ1n) is 4.64. The van der Waals surface area contributed by atoms with Gasteiger partial charge in [-0.05, 0) is 20.3 Å². The summed E-state index contributed by atoms with van der Waals surface area (Å²) in [6.45, 7) is 8.86. The first kappa shape index (κ1) is 12.9. The van der Waals surface area contributed by atoms with E-state index >= 15 is 0 Å². The standard InChI is InChI=1S/C11H18O3/c1-6-9(12)11(4,7-8(2)3)10(13)14-5/h2,6-7H2,1,3-5H3. The molecule has 3 heteroatoms. The summed E-state index contributed by atoms with van der Waals surface area (Å²) in [7, 11) is 1.29. The zero-order valence-electron chi connectivity index (χ0n) is 9.35. The van der Waals surface area contributed by atoms with Crippen LogP contribution in [-0.2, 0) is 14.3 Å². The van der Waals surface area contributed by atoms with Crippen LogP contribution in [-0.4, -0.2) is 18.9 Å². The third-order valence-electron chi connectivity index (χ3n) is 2.23. The molecule has 80 valence electrons. The van der Waals surface area contributed by atoms with Crippen molar-refractivity contribution in [2.24, 2.45) is 5.41 Å². The maximum atomic E-state index is 11.6. The van der Waals surface area contributed by atoms with Crippen molar-refractivity contribution in [1.82, 2.24) is 0 Å². The second-order valence-electron chi connectivity index (χ2n) is 3.73. The molecule has 0 aliphatic carbocycles. The van der Waals surface area contributed by atoms with Crippen LogP contribution in [0.1, 0.15) is 33.6 Å². The van der Waals surface area contributed by atoms with Crippen molar-refractivity contribution < 1.29 is 14.3 Å². The van der Waals surface area contributed by atoms with Gasteiger partial charge in [-0.2, -0.15) is 0 Å². The predicted molar refractivity (Wildman–Crippen MR) is 54.9 cm³/mol. The Morgan fingerprint density at radius 1 is 1.43 bits per heavy atom. The molecule has 1 unspecified atom stereocenters. The van der Waals surface area contributed by atoms with Crippen LogP contribution in [0.15, 0.2) is 12.2 Å². The van der Waals surface area contributed by atoms with E-state index < -0.39 is 11.4 Å². The van der Waals surface area contributed by atoms with E-state index in [1.165, 1.54) is 7.11 Å². The Morgan fingerprint density at radius 2 is 1.93 bits per heavy atom. The minimum absolute atomic E-state index is 0.104. The largest absolute Gasteiger partial charge is 0.468 e. The first-order chi connectivity index (χ1) is 6.38. The van der Waals surface area contributed by atoms with Gasteiger partial charge in [0.05, 0.1) is 7.11 Å². The molecular formula is C11H18O3. The van der Waals surface area contributed by atoms with E-state index in [9.17, 15) is 9.59 Å². The van der Waals surface area contributed by atoms with E-state index in [0.29, 0.717) is 12.8 Å². The predicted octanol–water partition coefficient (Wildman–Crippen LogP) is 2.11. The van der Waals surface area contributed by atoms with Crippen LogP contribution in [0.4, 0.5) is 0 Å². The summed E-state index contributed by atoms with van der Waals surface area (Å²) in [6.07, 6.45) is 0.686. The summed E-state index contributed by atoms with van der Waals surface area (Å²) >= 11 is 0. The monoisotopic (exact) mass is 198 g/mol. The van der Waals surface area contributed by atoms with E-state index in [4.69, 9.17) is 0 Å². The lowest BCUT2D eigenvalue weighted by Gasteiger charge is -2.24. The Hall–Kier alpha value is -1.12. The Morgan fingerprint density at radius 3 is 2.21 bits per heavy atom. The Bertz CT molecular complexity index is 237. The fourth-order valence-corrected chi connectivity index (χ4v) is 1.50. The van der Waals surface area contributed by atoms with Crippen molar-refractivity contribution in [2.45, 2.75) is 33.6 Å². The van der Waals surface area contributed by atoms with Crippen molar-refractivity contribution in [3.63, 3.8) is 0 Å². The second-order valence-corrected chi connectivity index (χ2v) is 3.73. The SMILES string of the molecule is C=C(C)CC(C)(C(=O)CC)C(=O)OC. The molecule has 0 spiro atoms. The number of allylic oxidation sites excluding steroid dienone is 1. The summed E-state index contributed by atoms with van der Waals surface area (Å²) in [4.78, 5) is 23.1. The molecule has 0 saturated carbocycles. The van der Waals surface area contributed by atoms with Crippen molar-refractivity contribution >= 4 is 11.8 Å². The van der Waals surface area contributed by atoms with Gasteiger partial charge in [0.25, 0.3) is 0 Å². The van der Waals surface area contributed by atoms with Gasteiger partial charge < -0.3 is 4.74 Å². The number of ketones is 1. The van der Waals surface area contributed by atoms with Gasteiger partial charge in [0.1, 0.15) is 11.2 Å². The van der Waals surface area contributed by atoms with Gasteiger partial charge in [0, 0.05) is 6.42 Å². The van der Waals surface area contributed by atoms with E-state index in [0.717, 1.165) is 5.57 Å². The molecule has 3 nitrogen and oxygen atoms in total. The molecule has 0 aromatic carbocycles. The van der Waals surface area contributed by atoms with Gasteiger partial charge in [-0.3, -0.25) is 9.59 Å². The van der Waals surface area contributed by atoms with Gasteiger partial charge in [-0.25, -0.2) is 0 Å². The maximum absolute atomic E-state index is 11.6. The van der Waals surface area contributed by atoms with E-state index in [-0.39, 0.29) is 5.78 Å². The Labute approximate surface area is 85.1 Å². The average molecular weight is 198 g/mol. The lowest BCUT2D eigenvalue weighted by atomic mass is 9.79. The summed E-state index contributed by atoms with van der Waals surface area (Å²) in [5.74, 6) is -0.584. The van der Waals surface area contributed by atoms with E-state index in [1.807, 2.05) is 0 Å². The quantitative estimate of drug-likeness (QED) is 0.386. The highest BCUT2D eigenvalue weighted by atomic mass is 16.5. The van der Waals surface area contributed by atoms with Crippen LogP contribution < -0.4 is 0 Å². The maximum Gasteiger partial charge on any atom is 0.319 e. The molecule has 0 aliphatic heterocycles. The molecule has 0 rings (SSSR count). The van der Waals surface area contributed by atoms with Crippen LogP contribution in [0, 0.1) is 5.41 Å². The third-order valence-corrected chi connectivity index (χ3v) is 2.23. The normalized spacial score (nSPS) is 14.3. The smallest absolute Gasteiger partial charge is 0.319 e. The van der Waals surface area contributed by atoms with Crippen molar-refractivity contribution in [3.05, 3.63) is 12.2 Å². The molecule has 0 aliphatic rings. The van der Waals surface area contributed by atoms with Crippen LogP contribution in [0.3, 0.4) is 0 Å². The molecule has 0 aromatic rings. The number of Topliss-reactive ketones (excluding diaryl/α,β-unsaturated/α-hetero) is 1. The van der Waals surface area contributed by atoms with Gasteiger partial charge in [-0.1, -0.05) is 12.5 Å². The Kier molecular flexibility index (Phi) is 4.54. The minimum atomic E-state index is -1.06. The number of carbonyl (C=O) groups is 2. The fourth-order valence-electron chi connectivity index (χ4n) is 1.50. The summed E-state index contributed by atoms with van der Waals surface area (Å²) in [6, 6.07) is 0. The number of ether oxygens (including phenoxy) is 1. The zero-order chi connectivity index (χ0) is 11.4. The van der Waals surface area contributed by atoms with Crippen LogP contribution >= 0.6 is 0 Å². The van der Waals surface area contributed by atoms with E-state index in [2.05, 4.69) is 11.3 Å². The van der Waals surface area contributed by atoms with Crippen molar-refractivity contribution in [1.29, 1.82) is 0 Å². The van der Waals surface area contributed by atoms with Crippen LogP contribution in [0.5, 0.6) is 0 Å². The number of rotatable bonds is 5. The molecule has 0 fully saturated rings. The van der Waals surface area contributed by atoms with Gasteiger partial charge >= 0.3 is 5.97 Å². The topological polar surface area (TPSA) is 43.4 Å². The molecule has 0 N–H and O–H groups in total. The summed E-state index contributed by atoms with van der Waals surface area (Å²) in [5.41, 5.74) is -0.255. The highest BCUT2D eigenvalue weighted by Gasteiger charge is 2.40. The lowest BCUT2D eigenvalue weighted by molar-refractivity contribution is -0.156. The number of carbonyl (C=O) groups excluding carboxylic acids is 2. The van der Waals surface area contributed by atoms with E-state index in [1.54, 1.807) is 20.8 Å². The molecule has 0 heterocycles. The molecular weight excluding hydrogens is 180 g/mol. The number of hydrogen-bond donors (Lipinski definition) is 0. The first-order valence-corrected chi connectivity index (χ1v) is 4.64. The minimum Gasteiger partial charge on any atom is -0.468 e. The van der Waals surface area contributed by atoms with Gasteiger partial charge in [0.2, 0.25) is 0 Å². The number of hydrogen-bond acceptors (Lipinski definition) is 3. The second kappa shape index (κ2) is 4.94. The molecule has 0 aromatic heterocycles.